The molecule has 1 atom stereocenters. The highest BCUT2D eigenvalue weighted by Crippen LogP contribution is 2.40. The Morgan fingerprint density at radius 1 is 1.35 bits per heavy atom. The molecule has 1 aromatic heterocycles. The fourth-order valence-electron chi connectivity index (χ4n) is 3.55. The monoisotopic (exact) mass is 288 g/mol. The van der Waals surface area contributed by atoms with Gasteiger partial charge >= 0.3 is 0 Å². The molecule has 0 amide bonds. The Morgan fingerprint density at radius 2 is 2.15 bits per heavy atom. The van der Waals surface area contributed by atoms with E-state index in [1.807, 2.05) is 18.7 Å². The summed E-state index contributed by atoms with van der Waals surface area (Å²) >= 11 is 6.44. The lowest BCUT2D eigenvalue weighted by molar-refractivity contribution is 0.387. The van der Waals surface area contributed by atoms with Crippen LogP contribution in [0.25, 0.3) is 0 Å². The highest BCUT2D eigenvalue weighted by molar-refractivity contribution is 6.18. The molecule has 1 aromatic carbocycles. The van der Waals surface area contributed by atoms with Gasteiger partial charge in [-0.15, -0.1) is 11.6 Å². The van der Waals surface area contributed by atoms with Gasteiger partial charge in [-0.2, -0.15) is 5.10 Å². The maximum atomic E-state index is 6.44. The lowest BCUT2D eigenvalue weighted by Gasteiger charge is -2.38. The standard InChI is InChI=1S/C17H21ClN2/c1-13-10-15(20(2)19-13)11-17(12-18)9-5-7-14-6-3-4-8-16(14)17/h3-4,6,8,10H,5,7,9,11-12H2,1-2H3. The third-order valence-electron chi connectivity index (χ3n) is 4.56. The first kappa shape index (κ1) is 13.7. The fourth-order valence-corrected chi connectivity index (χ4v) is 3.93. The van der Waals surface area contributed by atoms with Crippen molar-refractivity contribution >= 4 is 11.6 Å². The molecule has 0 radical (unpaired) electrons. The van der Waals surface area contributed by atoms with Gasteiger partial charge in [0.25, 0.3) is 0 Å². The van der Waals surface area contributed by atoms with E-state index in [0.29, 0.717) is 5.88 Å². The molecule has 20 heavy (non-hydrogen) atoms. The van der Waals surface area contributed by atoms with Crippen molar-refractivity contribution in [3.05, 3.63) is 52.8 Å². The number of hydrogen-bond donors (Lipinski definition) is 0. The number of benzene rings is 1. The first-order valence-electron chi connectivity index (χ1n) is 7.28. The second-order valence-corrected chi connectivity index (χ2v) is 6.27. The number of aromatic nitrogens is 2. The summed E-state index contributed by atoms with van der Waals surface area (Å²) in [6.07, 6.45) is 4.54. The van der Waals surface area contributed by atoms with Crippen molar-refractivity contribution in [2.45, 2.75) is 38.0 Å². The highest BCUT2D eigenvalue weighted by Gasteiger charge is 2.36. The predicted octanol–water partition coefficient (Wildman–Crippen LogP) is 3.78. The van der Waals surface area contributed by atoms with Crippen LogP contribution in [0.3, 0.4) is 0 Å². The quantitative estimate of drug-likeness (QED) is 0.786. The molecule has 0 aliphatic heterocycles. The molecule has 1 unspecified atom stereocenters. The molecular formula is C17H21ClN2. The molecule has 1 aliphatic rings. The molecule has 1 heterocycles. The van der Waals surface area contributed by atoms with Crippen LogP contribution in [0, 0.1) is 6.92 Å². The average molecular weight is 289 g/mol. The SMILES string of the molecule is Cc1cc(CC2(CCl)CCCc3ccccc32)n(C)n1. The number of halogens is 1. The Hall–Kier alpha value is -1.28. The minimum absolute atomic E-state index is 0.0661. The van der Waals surface area contributed by atoms with Gasteiger partial charge in [0.15, 0.2) is 0 Å². The maximum absolute atomic E-state index is 6.44. The first-order chi connectivity index (χ1) is 9.64. The third kappa shape index (κ3) is 2.26. The van der Waals surface area contributed by atoms with Gasteiger partial charge in [0.05, 0.1) is 5.69 Å². The van der Waals surface area contributed by atoms with Crippen LogP contribution in [0.1, 0.15) is 35.4 Å². The van der Waals surface area contributed by atoms with Gasteiger partial charge < -0.3 is 0 Å². The highest BCUT2D eigenvalue weighted by atomic mass is 35.5. The lowest BCUT2D eigenvalue weighted by Crippen LogP contribution is -2.35. The molecule has 2 aromatic rings. The van der Waals surface area contributed by atoms with Crippen molar-refractivity contribution in [2.24, 2.45) is 7.05 Å². The molecular weight excluding hydrogens is 268 g/mol. The molecule has 106 valence electrons. The van der Waals surface area contributed by atoms with Crippen LogP contribution in [0.4, 0.5) is 0 Å². The minimum atomic E-state index is 0.0661. The molecule has 3 rings (SSSR count). The normalized spacial score (nSPS) is 21.8. The van der Waals surface area contributed by atoms with E-state index in [1.54, 1.807) is 0 Å². The summed E-state index contributed by atoms with van der Waals surface area (Å²) in [6, 6.07) is 11.0. The molecule has 1 aliphatic carbocycles. The van der Waals surface area contributed by atoms with Gasteiger partial charge in [-0.1, -0.05) is 24.3 Å². The molecule has 0 bridgehead atoms. The van der Waals surface area contributed by atoms with Crippen LogP contribution >= 0.6 is 11.6 Å². The summed E-state index contributed by atoms with van der Waals surface area (Å²) in [4.78, 5) is 0. The van der Waals surface area contributed by atoms with Crippen LogP contribution in [0.5, 0.6) is 0 Å². The number of nitrogens with zero attached hydrogens (tertiary/aromatic N) is 2. The minimum Gasteiger partial charge on any atom is -0.272 e. The molecule has 0 saturated heterocycles. The summed E-state index contributed by atoms with van der Waals surface area (Å²) in [6.45, 7) is 2.05. The Morgan fingerprint density at radius 3 is 2.85 bits per heavy atom. The van der Waals surface area contributed by atoms with E-state index in [9.17, 15) is 0 Å². The Bertz CT molecular complexity index is 617. The van der Waals surface area contributed by atoms with Crippen molar-refractivity contribution < 1.29 is 0 Å². The molecule has 0 fully saturated rings. The van der Waals surface area contributed by atoms with Crippen molar-refractivity contribution in [3.63, 3.8) is 0 Å². The van der Waals surface area contributed by atoms with E-state index in [0.717, 1.165) is 18.5 Å². The van der Waals surface area contributed by atoms with Crippen molar-refractivity contribution in [3.8, 4) is 0 Å². The molecule has 0 saturated carbocycles. The predicted molar refractivity (Wildman–Crippen MR) is 83.4 cm³/mol. The van der Waals surface area contributed by atoms with E-state index in [1.165, 1.54) is 29.7 Å². The Kier molecular flexibility index (Phi) is 3.59. The summed E-state index contributed by atoms with van der Waals surface area (Å²) < 4.78 is 2.00. The zero-order valence-corrected chi connectivity index (χ0v) is 13.0. The molecule has 0 spiro atoms. The first-order valence-corrected chi connectivity index (χ1v) is 7.82. The zero-order chi connectivity index (χ0) is 14.2. The van der Waals surface area contributed by atoms with Crippen LogP contribution < -0.4 is 0 Å². The molecule has 0 N–H and O–H groups in total. The Balaban J connectivity index is 2.02. The average Bonchev–Trinajstić information content (AvgIpc) is 2.77. The van der Waals surface area contributed by atoms with Crippen LogP contribution in [0.15, 0.2) is 30.3 Å². The number of aryl methyl sites for hydroxylation is 3. The van der Waals surface area contributed by atoms with Gasteiger partial charge in [-0.05, 0) is 43.4 Å². The van der Waals surface area contributed by atoms with E-state index in [4.69, 9.17) is 11.6 Å². The van der Waals surface area contributed by atoms with E-state index in [2.05, 4.69) is 35.4 Å². The summed E-state index contributed by atoms with van der Waals surface area (Å²) in [5.41, 5.74) is 5.34. The van der Waals surface area contributed by atoms with Crippen LogP contribution in [-0.4, -0.2) is 15.7 Å². The second kappa shape index (κ2) is 5.25. The Labute approximate surface area is 125 Å². The molecule has 3 heteroatoms. The van der Waals surface area contributed by atoms with Gasteiger partial charge in [0.1, 0.15) is 0 Å². The van der Waals surface area contributed by atoms with Gasteiger partial charge in [0, 0.05) is 30.5 Å². The topological polar surface area (TPSA) is 17.8 Å². The smallest absolute Gasteiger partial charge is 0.0596 e. The largest absolute Gasteiger partial charge is 0.272 e. The van der Waals surface area contributed by atoms with Crippen LogP contribution in [-0.2, 0) is 25.3 Å². The van der Waals surface area contributed by atoms with Crippen molar-refractivity contribution in [1.29, 1.82) is 0 Å². The van der Waals surface area contributed by atoms with Crippen LogP contribution in [0.2, 0.25) is 0 Å². The zero-order valence-electron chi connectivity index (χ0n) is 12.2. The number of hydrogen-bond acceptors (Lipinski definition) is 1. The van der Waals surface area contributed by atoms with Gasteiger partial charge in [-0.25, -0.2) is 0 Å². The number of alkyl halides is 1. The van der Waals surface area contributed by atoms with Crippen molar-refractivity contribution in [1.82, 2.24) is 9.78 Å². The van der Waals surface area contributed by atoms with E-state index >= 15 is 0 Å². The summed E-state index contributed by atoms with van der Waals surface area (Å²) in [5.74, 6) is 0.675. The maximum Gasteiger partial charge on any atom is 0.0596 e. The van der Waals surface area contributed by atoms with Gasteiger partial charge in [0.2, 0.25) is 0 Å². The number of rotatable bonds is 3. The van der Waals surface area contributed by atoms with E-state index in [-0.39, 0.29) is 5.41 Å². The van der Waals surface area contributed by atoms with E-state index < -0.39 is 0 Å². The second-order valence-electron chi connectivity index (χ2n) is 6.00. The summed E-state index contributed by atoms with van der Waals surface area (Å²) in [5, 5.41) is 4.47. The van der Waals surface area contributed by atoms with Crippen molar-refractivity contribution in [2.75, 3.05) is 5.88 Å². The number of fused-ring (bicyclic) bond motifs is 1. The van der Waals surface area contributed by atoms with Gasteiger partial charge in [-0.3, -0.25) is 4.68 Å². The fraction of sp³-hybridized carbons (Fsp3) is 0.471. The summed E-state index contributed by atoms with van der Waals surface area (Å²) in [7, 11) is 2.03. The molecule has 2 nitrogen and oxygen atoms in total. The third-order valence-corrected chi connectivity index (χ3v) is 5.08. The lowest BCUT2D eigenvalue weighted by atomic mass is 9.68.